The van der Waals surface area contributed by atoms with Gasteiger partial charge in [-0.2, -0.15) is 0 Å². The minimum Gasteiger partial charge on any atom is -0.303 e. The Balaban J connectivity index is 2.60. The van der Waals surface area contributed by atoms with Gasteiger partial charge in [0, 0.05) is 15.8 Å². The van der Waals surface area contributed by atoms with Crippen molar-refractivity contribution in [1.82, 2.24) is 9.55 Å². The Bertz CT molecular complexity index is 495. The van der Waals surface area contributed by atoms with Crippen molar-refractivity contribution < 1.29 is 0 Å². The summed E-state index contributed by atoms with van der Waals surface area (Å²) in [7, 11) is 0. The molecule has 0 amide bonds. The largest absolute Gasteiger partial charge is 0.303 e. The molecule has 2 aromatic rings. The van der Waals surface area contributed by atoms with E-state index in [0.29, 0.717) is 0 Å². The van der Waals surface area contributed by atoms with Gasteiger partial charge in [-0.15, -0.1) is 0 Å². The molecule has 0 atom stereocenters. The maximum Gasteiger partial charge on any atom is 0.137 e. The van der Waals surface area contributed by atoms with Crippen molar-refractivity contribution in [2.24, 2.45) is 0 Å². The summed E-state index contributed by atoms with van der Waals surface area (Å²) in [6, 6.07) is 8.53. The van der Waals surface area contributed by atoms with Gasteiger partial charge in [-0.25, -0.2) is 4.98 Å². The number of nitrogens with zero attached hydrogens (tertiary/aromatic N) is 2. The van der Waals surface area contributed by atoms with E-state index < -0.39 is 0 Å². The molecule has 2 heterocycles. The third kappa shape index (κ3) is 2.14. The average molecular weight is 326 g/mol. The van der Waals surface area contributed by atoms with Gasteiger partial charge in [-0.05, 0) is 50.6 Å². The molecule has 2 rings (SSSR count). The summed E-state index contributed by atoms with van der Waals surface area (Å²) in [5.41, 5.74) is 4.87. The number of aryl methyl sites for hydroxylation is 3. The second-order valence-electron chi connectivity index (χ2n) is 4.08. The number of pyridine rings is 1. The van der Waals surface area contributed by atoms with Crippen molar-refractivity contribution in [1.29, 1.82) is 0 Å². The van der Waals surface area contributed by atoms with Crippen LogP contribution in [0.4, 0.5) is 0 Å². The molecule has 0 aromatic carbocycles. The van der Waals surface area contributed by atoms with Gasteiger partial charge >= 0.3 is 0 Å². The van der Waals surface area contributed by atoms with Crippen LogP contribution in [-0.4, -0.2) is 9.55 Å². The fourth-order valence-corrected chi connectivity index (χ4v) is 2.32. The van der Waals surface area contributed by atoms with Crippen LogP contribution >= 0.6 is 22.6 Å². The predicted molar refractivity (Wildman–Crippen MR) is 75.5 cm³/mol. The van der Waals surface area contributed by atoms with E-state index >= 15 is 0 Å². The highest BCUT2D eigenvalue weighted by molar-refractivity contribution is 14.1. The maximum atomic E-state index is 4.67. The lowest BCUT2D eigenvalue weighted by Crippen LogP contribution is -2.03. The van der Waals surface area contributed by atoms with Gasteiger partial charge in [0.25, 0.3) is 0 Å². The highest BCUT2D eigenvalue weighted by Gasteiger charge is 2.06. The van der Waals surface area contributed by atoms with Gasteiger partial charge in [-0.1, -0.05) is 22.6 Å². The Morgan fingerprint density at radius 3 is 2.31 bits per heavy atom. The Labute approximate surface area is 110 Å². The Morgan fingerprint density at radius 2 is 1.75 bits per heavy atom. The van der Waals surface area contributed by atoms with E-state index in [2.05, 4.69) is 77.2 Å². The van der Waals surface area contributed by atoms with Crippen LogP contribution in [0.3, 0.4) is 0 Å². The molecule has 84 valence electrons. The number of halogens is 1. The van der Waals surface area contributed by atoms with Gasteiger partial charge in [0.1, 0.15) is 5.82 Å². The van der Waals surface area contributed by atoms with E-state index in [1.807, 2.05) is 0 Å². The van der Waals surface area contributed by atoms with Crippen LogP contribution in [0.5, 0.6) is 0 Å². The quantitative estimate of drug-likeness (QED) is 0.607. The van der Waals surface area contributed by atoms with Crippen molar-refractivity contribution in [3.05, 3.63) is 46.9 Å². The molecule has 0 bridgehead atoms. The smallest absolute Gasteiger partial charge is 0.137 e. The highest BCUT2D eigenvalue weighted by atomic mass is 127. The van der Waals surface area contributed by atoms with Gasteiger partial charge in [-0.3, -0.25) is 0 Å². The molecule has 0 radical (unpaired) electrons. The Hall–Kier alpha value is -0.840. The zero-order valence-electron chi connectivity index (χ0n) is 9.79. The van der Waals surface area contributed by atoms with Crippen LogP contribution in [0.25, 0.3) is 5.82 Å². The molecule has 0 spiro atoms. The molecule has 16 heavy (non-hydrogen) atoms. The van der Waals surface area contributed by atoms with Crippen LogP contribution < -0.4 is 0 Å². The van der Waals surface area contributed by atoms with Crippen LogP contribution in [0.15, 0.2) is 24.3 Å². The molecule has 2 nitrogen and oxygen atoms in total. The van der Waals surface area contributed by atoms with E-state index in [-0.39, 0.29) is 0 Å². The monoisotopic (exact) mass is 326 g/mol. The van der Waals surface area contributed by atoms with Crippen LogP contribution in [0.2, 0.25) is 0 Å². The van der Waals surface area contributed by atoms with Gasteiger partial charge in [0.2, 0.25) is 0 Å². The normalized spacial score (nSPS) is 10.8. The standard InChI is InChI=1S/C13H15IN2/c1-9-6-12(8-14)15-13(7-9)16-10(2)4-5-11(16)3/h4-7H,8H2,1-3H3. The summed E-state index contributed by atoms with van der Waals surface area (Å²) in [4.78, 5) is 4.67. The molecule has 0 aliphatic rings. The van der Waals surface area contributed by atoms with Crippen LogP contribution in [-0.2, 0) is 4.43 Å². The predicted octanol–water partition coefficient (Wildman–Crippen LogP) is 3.73. The average Bonchev–Trinajstić information content (AvgIpc) is 2.57. The first-order valence-electron chi connectivity index (χ1n) is 5.30. The minimum atomic E-state index is 0.950. The van der Waals surface area contributed by atoms with Crippen LogP contribution in [0, 0.1) is 20.8 Å². The molecule has 0 N–H and O–H groups in total. The highest BCUT2D eigenvalue weighted by Crippen LogP contribution is 2.17. The number of aromatic nitrogens is 2. The summed E-state index contributed by atoms with van der Waals surface area (Å²) in [5.74, 6) is 1.03. The third-order valence-corrected chi connectivity index (χ3v) is 3.43. The molecule has 0 unspecified atom stereocenters. The molecule has 0 aliphatic carbocycles. The number of hydrogen-bond donors (Lipinski definition) is 0. The summed E-state index contributed by atoms with van der Waals surface area (Å²) < 4.78 is 3.15. The first-order chi connectivity index (χ1) is 7.61. The first-order valence-corrected chi connectivity index (χ1v) is 6.83. The molecule has 3 heteroatoms. The number of alkyl halides is 1. The molecule has 0 saturated carbocycles. The van der Waals surface area contributed by atoms with Crippen molar-refractivity contribution in [2.45, 2.75) is 25.2 Å². The second kappa shape index (κ2) is 4.57. The maximum absolute atomic E-state index is 4.67. The van der Waals surface area contributed by atoms with Gasteiger partial charge in [0.05, 0.1) is 5.69 Å². The lowest BCUT2D eigenvalue weighted by Gasteiger charge is -2.10. The first kappa shape index (κ1) is 11.6. The lowest BCUT2D eigenvalue weighted by atomic mass is 10.2. The summed E-state index contributed by atoms with van der Waals surface area (Å²) in [6.07, 6.45) is 0. The number of hydrogen-bond acceptors (Lipinski definition) is 1. The van der Waals surface area contributed by atoms with E-state index in [9.17, 15) is 0 Å². The van der Waals surface area contributed by atoms with E-state index in [1.165, 1.54) is 17.0 Å². The Morgan fingerprint density at radius 1 is 1.12 bits per heavy atom. The third-order valence-electron chi connectivity index (χ3n) is 2.65. The minimum absolute atomic E-state index is 0.950. The fourth-order valence-electron chi connectivity index (χ4n) is 1.93. The SMILES string of the molecule is Cc1cc(CI)nc(-n2c(C)ccc2C)c1. The van der Waals surface area contributed by atoms with Crippen molar-refractivity contribution in [3.63, 3.8) is 0 Å². The molecular formula is C13H15IN2. The van der Waals surface area contributed by atoms with Crippen molar-refractivity contribution in [2.75, 3.05) is 0 Å². The topological polar surface area (TPSA) is 17.8 Å². The molecule has 0 aliphatic heterocycles. The molecular weight excluding hydrogens is 311 g/mol. The zero-order valence-corrected chi connectivity index (χ0v) is 11.9. The van der Waals surface area contributed by atoms with E-state index in [1.54, 1.807) is 0 Å². The van der Waals surface area contributed by atoms with Crippen molar-refractivity contribution in [3.8, 4) is 5.82 Å². The lowest BCUT2D eigenvalue weighted by molar-refractivity contribution is 0.908. The van der Waals surface area contributed by atoms with E-state index in [4.69, 9.17) is 0 Å². The van der Waals surface area contributed by atoms with Gasteiger partial charge in [0.15, 0.2) is 0 Å². The fraction of sp³-hybridized carbons (Fsp3) is 0.308. The number of rotatable bonds is 2. The zero-order chi connectivity index (χ0) is 11.7. The summed E-state index contributed by atoms with van der Waals surface area (Å²) in [5, 5.41) is 0. The van der Waals surface area contributed by atoms with E-state index in [0.717, 1.165) is 15.9 Å². The Kier molecular flexibility index (Phi) is 3.33. The van der Waals surface area contributed by atoms with Crippen LogP contribution in [0.1, 0.15) is 22.6 Å². The van der Waals surface area contributed by atoms with Crippen molar-refractivity contribution >= 4 is 22.6 Å². The second-order valence-corrected chi connectivity index (χ2v) is 4.84. The molecule has 2 aromatic heterocycles. The summed E-state index contributed by atoms with van der Waals surface area (Å²) >= 11 is 2.35. The molecule has 0 fully saturated rings. The molecule has 0 saturated heterocycles. The van der Waals surface area contributed by atoms with Gasteiger partial charge < -0.3 is 4.57 Å². The summed E-state index contributed by atoms with van der Waals surface area (Å²) in [6.45, 7) is 6.34.